The summed E-state index contributed by atoms with van der Waals surface area (Å²) in [6.45, 7) is 0. The van der Waals surface area contributed by atoms with Gasteiger partial charge in [0.15, 0.2) is 0 Å². The molecule has 0 saturated carbocycles. The molecule has 0 radical (unpaired) electrons. The zero-order valence-electron chi connectivity index (χ0n) is 14.2. The summed E-state index contributed by atoms with van der Waals surface area (Å²) in [6.07, 6.45) is 12.2. The second-order valence-electron chi connectivity index (χ2n) is 5.99. The van der Waals surface area contributed by atoms with Gasteiger partial charge in [-0.15, -0.1) is 11.3 Å². The van der Waals surface area contributed by atoms with Gasteiger partial charge in [-0.3, -0.25) is 4.98 Å². The van der Waals surface area contributed by atoms with Crippen molar-refractivity contribution in [3.63, 3.8) is 0 Å². The molecular formula is C22H22N2S. The first-order valence-corrected chi connectivity index (χ1v) is 9.49. The Balaban J connectivity index is 1.42. The van der Waals surface area contributed by atoms with E-state index in [4.69, 9.17) is 5.41 Å². The van der Waals surface area contributed by atoms with Crippen LogP contribution in [0, 0.1) is 5.41 Å². The van der Waals surface area contributed by atoms with Gasteiger partial charge in [0.05, 0.1) is 5.71 Å². The Labute approximate surface area is 153 Å². The maximum Gasteiger partial charge on any atom is 0.0609 e. The molecule has 2 aromatic heterocycles. The molecule has 0 spiro atoms. The molecule has 25 heavy (non-hydrogen) atoms. The van der Waals surface area contributed by atoms with E-state index in [1.165, 1.54) is 16.0 Å². The van der Waals surface area contributed by atoms with E-state index in [2.05, 4.69) is 34.6 Å². The minimum absolute atomic E-state index is 0.577. The van der Waals surface area contributed by atoms with Crippen LogP contribution in [-0.2, 0) is 6.42 Å². The fourth-order valence-corrected chi connectivity index (χ4v) is 3.42. The molecule has 0 unspecified atom stereocenters. The van der Waals surface area contributed by atoms with Crippen molar-refractivity contribution in [2.24, 2.45) is 0 Å². The minimum Gasteiger partial charge on any atom is -0.300 e. The standard InChI is InChI=1S/C22H22N2S/c23-21(19-10-5-3-6-11-19)12-7-2-1-4-9-18-15-20(17-24-16-18)22-13-8-14-25-22/h3,5-8,10-17,23H,1-2,4,9H2/b12-7-,23-21?. The summed E-state index contributed by atoms with van der Waals surface area (Å²) in [6, 6.07) is 16.3. The summed E-state index contributed by atoms with van der Waals surface area (Å²) < 4.78 is 0. The molecule has 0 aliphatic rings. The second-order valence-corrected chi connectivity index (χ2v) is 6.93. The number of hydrogen-bond acceptors (Lipinski definition) is 3. The second kappa shape index (κ2) is 9.09. The van der Waals surface area contributed by atoms with E-state index in [9.17, 15) is 0 Å². The Hall–Kier alpha value is -2.52. The third-order valence-corrected chi connectivity index (χ3v) is 4.98. The largest absolute Gasteiger partial charge is 0.300 e. The van der Waals surface area contributed by atoms with Crippen LogP contribution in [0.5, 0.6) is 0 Å². The van der Waals surface area contributed by atoms with Crippen LogP contribution in [0.4, 0.5) is 0 Å². The monoisotopic (exact) mass is 346 g/mol. The molecule has 2 nitrogen and oxygen atoms in total. The van der Waals surface area contributed by atoms with Gasteiger partial charge in [0.2, 0.25) is 0 Å². The molecule has 3 heteroatoms. The fourth-order valence-electron chi connectivity index (χ4n) is 2.71. The van der Waals surface area contributed by atoms with Crippen molar-refractivity contribution in [1.29, 1.82) is 5.41 Å². The quantitative estimate of drug-likeness (QED) is 0.385. The summed E-state index contributed by atoms with van der Waals surface area (Å²) in [4.78, 5) is 5.65. The number of unbranched alkanes of at least 4 members (excludes halogenated alkanes) is 2. The summed E-state index contributed by atoms with van der Waals surface area (Å²) in [5.41, 5.74) is 4.05. The number of allylic oxidation sites excluding steroid dienone is 2. The normalized spacial score (nSPS) is 11.0. The van der Waals surface area contributed by atoms with Crippen molar-refractivity contribution in [3.05, 3.63) is 89.6 Å². The average Bonchev–Trinajstić information content (AvgIpc) is 3.20. The van der Waals surface area contributed by atoms with Gasteiger partial charge in [-0.25, -0.2) is 0 Å². The molecule has 1 N–H and O–H groups in total. The number of benzene rings is 1. The first kappa shape index (κ1) is 17.3. The third kappa shape index (κ3) is 5.23. The lowest BCUT2D eigenvalue weighted by atomic mass is 10.1. The van der Waals surface area contributed by atoms with Crippen LogP contribution in [0.1, 0.15) is 30.4 Å². The lowest BCUT2D eigenvalue weighted by Gasteiger charge is -2.03. The van der Waals surface area contributed by atoms with E-state index in [0.29, 0.717) is 5.71 Å². The molecule has 0 atom stereocenters. The molecule has 0 aliphatic carbocycles. The Morgan fingerprint density at radius 1 is 1.04 bits per heavy atom. The van der Waals surface area contributed by atoms with Gasteiger partial charge in [0.1, 0.15) is 0 Å². The number of rotatable bonds is 8. The van der Waals surface area contributed by atoms with Gasteiger partial charge < -0.3 is 5.41 Å². The number of thiophene rings is 1. The number of aromatic nitrogens is 1. The first-order valence-electron chi connectivity index (χ1n) is 8.61. The highest BCUT2D eigenvalue weighted by atomic mass is 32.1. The number of aryl methyl sites for hydroxylation is 1. The highest BCUT2D eigenvalue weighted by Crippen LogP contribution is 2.24. The van der Waals surface area contributed by atoms with Gasteiger partial charge in [0, 0.05) is 22.8 Å². The van der Waals surface area contributed by atoms with Crippen molar-refractivity contribution in [1.82, 2.24) is 4.98 Å². The van der Waals surface area contributed by atoms with Crippen LogP contribution in [0.3, 0.4) is 0 Å². The maximum absolute atomic E-state index is 8.04. The van der Waals surface area contributed by atoms with Gasteiger partial charge in [0.25, 0.3) is 0 Å². The Bertz CT molecular complexity index is 820. The SMILES string of the molecule is N=C(/C=C\CCCCc1cncc(-c2cccs2)c1)c1ccccc1. The molecule has 3 aromatic rings. The van der Waals surface area contributed by atoms with Gasteiger partial charge in [-0.05, 0) is 60.4 Å². The molecule has 0 amide bonds. The summed E-state index contributed by atoms with van der Waals surface area (Å²) in [5.74, 6) is 0. The van der Waals surface area contributed by atoms with Crippen LogP contribution in [-0.4, -0.2) is 10.7 Å². The van der Waals surface area contributed by atoms with Crippen LogP contribution < -0.4 is 0 Å². The Kier molecular flexibility index (Phi) is 6.29. The van der Waals surface area contributed by atoms with E-state index in [1.54, 1.807) is 11.3 Å². The molecule has 2 heterocycles. The van der Waals surface area contributed by atoms with E-state index >= 15 is 0 Å². The Morgan fingerprint density at radius 3 is 2.72 bits per heavy atom. The minimum atomic E-state index is 0.577. The number of nitrogens with zero attached hydrogens (tertiary/aromatic N) is 1. The zero-order chi connectivity index (χ0) is 17.3. The van der Waals surface area contributed by atoms with Crippen molar-refractivity contribution in [2.75, 3.05) is 0 Å². The van der Waals surface area contributed by atoms with Crippen molar-refractivity contribution < 1.29 is 0 Å². The van der Waals surface area contributed by atoms with Gasteiger partial charge >= 0.3 is 0 Å². The van der Waals surface area contributed by atoms with Gasteiger partial charge in [-0.2, -0.15) is 0 Å². The molecule has 1 aromatic carbocycles. The summed E-state index contributed by atoms with van der Waals surface area (Å²) >= 11 is 1.75. The van der Waals surface area contributed by atoms with Crippen molar-refractivity contribution >= 4 is 17.0 Å². The third-order valence-electron chi connectivity index (χ3n) is 4.06. The van der Waals surface area contributed by atoms with E-state index in [-0.39, 0.29) is 0 Å². The maximum atomic E-state index is 8.04. The van der Waals surface area contributed by atoms with Crippen LogP contribution in [0.2, 0.25) is 0 Å². The van der Waals surface area contributed by atoms with Crippen LogP contribution >= 0.6 is 11.3 Å². The smallest absolute Gasteiger partial charge is 0.0609 e. The highest BCUT2D eigenvalue weighted by Gasteiger charge is 2.01. The first-order chi connectivity index (χ1) is 12.3. The van der Waals surface area contributed by atoms with Crippen molar-refractivity contribution in [2.45, 2.75) is 25.7 Å². The van der Waals surface area contributed by atoms with E-state index in [0.717, 1.165) is 31.2 Å². The fraction of sp³-hybridized carbons (Fsp3) is 0.182. The van der Waals surface area contributed by atoms with E-state index in [1.807, 2.05) is 48.8 Å². The Morgan fingerprint density at radius 2 is 1.92 bits per heavy atom. The lowest BCUT2D eigenvalue weighted by molar-refractivity contribution is 0.746. The topological polar surface area (TPSA) is 36.7 Å². The van der Waals surface area contributed by atoms with Crippen LogP contribution in [0.15, 0.2) is 78.5 Å². The number of pyridine rings is 1. The number of nitrogens with one attached hydrogen (secondary N) is 1. The molecular weight excluding hydrogens is 324 g/mol. The molecule has 0 aliphatic heterocycles. The summed E-state index contributed by atoms with van der Waals surface area (Å²) in [5, 5.41) is 10.1. The zero-order valence-corrected chi connectivity index (χ0v) is 15.0. The predicted molar refractivity (Wildman–Crippen MR) is 108 cm³/mol. The predicted octanol–water partition coefficient (Wildman–Crippen LogP) is 6.15. The lowest BCUT2D eigenvalue weighted by Crippen LogP contribution is -1.93. The average molecular weight is 346 g/mol. The van der Waals surface area contributed by atoms with Crippen molar-refractivity contribution in [3.8, 4) is 10.4 Å². The molecule has 126 valence electrons. The molecule has 0 bridgehead atoms. The van der Waals surface area contributed by atoms with E-state index < -0.39 is 0 Å². The molecule has 0 saturated heterocycles. The number of hydrogen-bond donors (Lipinski definition) is 1. The van der Waals surface area contributed by atoms with Gasteiger partial charge in [-0.1, -0.05) is 42.5 Å². The summed E-state index contributed by atoms with van der Waals surface area (Å²) in [7, 11) is 0. The molecule has 0 fully saturated rings. The molecule has 3 rings (SSSR count). The highest BCUT2D eigenvalue weighted by molar-refractivity contribution is 7.13. The van der Waals surface area contributed by atoms with Crippen LogP contribution in [0.25, 0.3) is 10.4 Å².